The molecule has 2 saturated heterocycles. The molecule has 2 aromatic rings. The van der Waals surface area contributed by atoms with E-state index in [2.05, 4.69) is 10.0 Å². The molecule has 2 aromatic carbocycles. The minimum Gasteiger partial charge on any atom is -0.377 e. The predicted octanol–water partition coefficient (Wildman–Crippen LogP) is 3.29. The molecule has 0 bridgehead atoms. The average molecular weight is 506 g/mol. The zero-order valence-corrected chi connectivity index (χ0v) is 20.3. The Hall–Kier alpha value is -2.46. The van der Waals surface area contributed by atoms with E-state index in [1.807, 2.05) is 0 Å². The Labute approximate surface area is 204 Å². The molecule has 2 heterocycles. The van der Waals surface area contributed by atoms with Crippen molar-refractivity contribution in [1.29, 1.82) is 0 Å². The highest BCUT2D eigenvalue weighted by molar-refractivity contribution is 7.89. The largest absolute Gasteiger partial charge is 0.377 e. The van der Waals surface area contributed by atoms with E-state index in [-0.39, 0.29) is 35.3 Å². The fourth-order valence-electron chi connectivity index (χ4n) is 4.17. The van der Waals surface area contributed by atoms with E-state index in [0.717, 1.165) is 12.8 Å². The normalized spacial score (nSPS) is 19.2. The van der Waals surface area contributed by atoms with Gasteiger partial charge in [0.15, 0.2) is 0 Å². The van der Waals surface area contributed by atoms with Crippen LogP contribution in [0.15, 0.2) is 53.4 Å². The molecule has 2 amide bonds. The Morgan fingerprint density at radius 3 is 2.29 bits per heavy atom. The Bertz CT molecular complexity index is 1110. The summed E-state index contributed by atoms with van der Waals surface area (Å²) in [5.74, 6) is -0.420. The molecule has 2 aliphatic heterocycles. The topological polar surface area (TPSA) is 105 Å². The van der Waals surface area contributed by atoms with Crippen LogP contribution in [0, 0.1) is 5.92 Å². The second-order valence-electron chi connectivity index (χ2n) is 8.57. The number of carbonyl (C=O) groups is 2. The number of benzene rings is 2. The number of amides is 2. The summed E-state index contributed by atoms with van der Waals surface area (Å²) in [5, 5.41) is 3.43. The fourth-order valence-corrected chi connectivity index (χ4v) is 5.37. The summed E-state index contributed by atoms with van der Waals surface area (Å²) in [6, 6.07) is 12.9. The number of nitrogens with one attached hydrogen (secondary N) is 2. The lowest BCUT2D eigenvalue weighted by atomic mass is 9.95. The van der Waals surface area contributed by atoms with Crippen LogP contribution < -0.4 is 10.0 Å². The fraction of sp³-hybridized carbons (Fsp3) is 0.417. The lowest BCUT2D eigenvalue weighted by Gasteiger charge is -2.31. The van der Waals surface area contributed by atoms with Crippen LogP contribution in [0.2, 0.25) is 5.02 Å². The van der Waals surface area contributed by atoms with E-state index in [4.69, 9.17) is 16.3 Å². The number of piperidine rings is 1. The van der Waals surface area contributed by atoms with E-state index in [1.54, 1.807) is 41.3 Å². The molecule has 182 valence electrons. The monoisotopic (exact) mass is 505 g/mol. The van der Waals surface area contributed by atoms with Gasteiger partial charge in [-0.25, -0.2) is 13.1 Å². The molecule has 34 heavy (non-hydrogen) atoms. The molecule has 2 aliphatic rings. The van der Waals surface area contributed by atoms with Crippen LogP contribution in [0.3, 0.4) is 0 Å². The number of nitrogens with zero attached hydrogens (tertiary/aromatic N) is 1. The summed E-state index contributed by atoms with van der Waals surface area (Å²) in [6.07, 6.45) is 2.83. The number of rotatable bonds is 7. The molecule has 0 aliphatic carbocycles. The van der Waals surface area contributed by atoms with Gasteiger partial charge in [-0.2, -0.15) is 0 Å². The van der Waals surface area contributed by atoms with Gasteiger partial charge in [0.25, 0.3) is 5.91 Å². The number of likely N-dealkylation sites (tertiary alicyclic amines) is 1. The highest BCUT2D eigenvalue weighted by Crippen LogP contribution is 2.22. The predicted molar refractivity (Wildman–Crippen MR) is 129 cm³/mol. The van der Waals surface area contributed by atoms with Crippen molar-refractivity contribution in [3.8, 4) is 0 Å². The van der Waals surface area contributed by atoms with Gasteiger partial charge < -0.3 is 15.0 Å². The lowest BCUT2D eigenvalue weighted by Crippen LogP contribution is -2.41. The molecule has 1 unspecified atom stereocenters. The smallest absolute Gasteiger partial charge is 0.253 e. The van der Waals surface area contributed by atoms with Crippen molar-refractivity contribution in [2.24, 2.45) is 5.92 Å². The van der Waals surface area contributed by atoms with Crippen molar-refractivity contribution in [2.75, 3.05) is 31.6 Å². The standard InChI is InChI=1S/C24H28ClN3O5S/c25-19-5-3-18(4-6-19)24(30)28-13-11-17(12-14-28)23(29)27-20-7-9-22(10-8-20)34(31,32)26-16-21-2-1-15-33-21/h3-10,17,21,26H,1-2,11-16H2,(H,27,29). The number of ether oxygens (including phenoxy) is 1. The van der Waals surface area contributed by atoms with Gasteiger partial charge in [-0.1, -0.05) is 11.6 Å². The molecule has 2 fully saturated rings. The molecule has 4 rings (SSSR count). The third-order valence-electron chi connectivity index (χ3n) is 6.20. The second-order valence-corrected chi connectivity index (χ2v) is 10.8. The first-order valence-corrected chi connectivity index (χ1v) is 13.2. The molecule has 2 N–H and O–H groups in total. The number of hydrogen-bond acceptors (Lipinski definition) is 5. The summed E-state index contributed by atoms with van der Waals surface area (Å²) < 4.78 is 33.0. The zero-order valence-electron chi connectivity index (χ0n) is 18.7. The van der Waals surface area contributed by atoms with Crippen LogP contribution >= 0.6 is 11.6 Å². The van der Waals surface area contributed by atoms with Crippen molar-refractivity contribution >= 4 is 39.1 Å². The SMILES string of the molecule is O=C(Nc1ccc(S(=O)(=O)NCC2CCCO2)cc1)C1CCN(C(=O)c2ccc(Cl)cc2)CC1. The van der Waals surface area contributed by atoms with Crippen LogP contribution in [0.4, 0.5) is 5.69 Å². The average Bonchev–Trinajstić information content (AvgIpc) is 3.37. The Morgan fingerprint density at radius 2 is 1.68 bits per heavy atom. The number of halogens is 1. The molecule has 1 atom stereocenters. The van der Waals surface area contributed by atoms with Gasteiger partial charge in [-0.05, 0) is 74.2 Å². The highest BCUT2D eigenvalue weighted by atomic mass is 35.5. The first-order valence-electron chi connectivity index (χ1n) is 11.4. The third kappa shape index (κ3) is 6.15. The summed E-state index contributed by atoms with van der Waals surface area (Å²) in [5.41, 5.74) is 1.11. The Morgan fingerprint density at radius 1 is 1.00 bits per heavy atom. The van der Waals surface area contributed by atoms with Crippen LogP contribution in [0.25, 0.3) is 0 Å². The number of carbonyl (C=O) groups excluding carboxylic acids is 2. The van der Waals surface area contributed by atoms with Crippen molar-refractivity contribution in [1.82, 2.24) is 9.62 Å². The molecule has 0 radical (unpaired) electrons. The lowest BCUT2D eigenvalue weighted by molar-refractivity contribution is -0.121. The number of anilines is 1. The van der Waals surface area contributed by atoms with Crippen molar-refractivity contribution in [2.45, 2.75) is 36.7 Å². The molecule has 0 aromatic heterocycles. The molecular formula is C24H28ClN3O5S. The highest BCUT2D eigenvalue weighted by Gasteiger charge is 2.28. The third-order valence-corrected chi connectivity index (χ3v) is 7.89. The van der Waals surface area contributed by atoms with E-state index < -0.39 is 10.0 Å². The van der Waals surface area contributed by atoms with Gasteiger partial charge in [0.05, 0.1) is 11.0 Å². The van der Waals surface area contributed by atoms with Gasteiger partial charge in [0, 0.05) is 48.4 Å². The van der Waals surface area contributed by atoms with Gasteiger partial charge in [0.1, 0.15) is 0 Å². The van der Waals surface area contributed by atoms with Crippen molar-refractivity contribution in [3.05, 3.63) is 59.1 Å². The van der Waals surface area contributed by atoms with E-state index in [9.17, 15) is 18.0 Å². The van der Waals surface area contributed by atoms with Gasteiger partial charge >= 0.3 is 0 Å². The van der Waals surface area contributed by atoms with E-state index in [1.165, 1.54) is 12.1 Å². The Kier molecular flexibility index (Phi) is 7.88. The van der Waals surface area contributed by atoms with E-state index >= 15 is 0 Å². The minimum atomic E-state index is -3.64. The molecule has 8 nitrogen and oxygen atoms in total. The van der Waals surface area contributed by atoms with E-state index in [0.29, 0.717) is 48.8 Å². The summed E-state index contributed by atoms with van der Waals surface area (Å²) in [4.78, 5) is 27.2. The van der Waals surface area contributed by atoms with Gasteiger partial charge in [-0.3, -0.25) is 9.59 Å². The van der Waals surface area contributed by atoms with Gasteiger partial charge in [-0.15, -0.1) is 0 Å². The van der Waals surface area contributed by atoms with Crippen LogP contribution in [0.5, 0.6) is 0 Å². The quantitative estimate of drug-likeness (QED) is 0.600. The summed E-state index contributed by atoms with van der Waals surface area (Å²) in [7, 11) is -3.64. The maximum Gasteiger partial charge on any atom is 0.253 e. The van der Waals surface area contributed by atoms with Gasteiger partial charge in [0.2, 0.25) is 15.9 Å². The van der Waals surface area contributed by atoms with Crippen molar-refractivity contribution < 1.29 is 22.7 Å². The maximum atomic E-state index is 12.7. The second kappa shape index (κ2) is 10.9. The van der Waals surface area contributed by atoms with Crippen LogP contribution in [-0.4, -0.2) is 57.5 Å². The van der Waals surface area contributed by atoms with Crippen molar-refractivity contribution in [3.63, 3.8) is 0 Å². The zero-order chi connectivity index (χ0) is 24.1. The summed E-state index contributed by atoms with van der Waals surface area (Å²) >= 11 is 5.89. The first-order chi connectivity index (χ1) is 16.3. The molecular weight excluding hydrogens is 478 g/mol. The minimum absolute atomic E-state index is 0.0690. The van der Waals surface area contributed by atoms with Crippen LogP contribution in [-0.2, 0) is 19.6 Å². The maximum absolute atomic E-state index is 12.7. The Balaban J connectivity index is 1.27. The molecule has 10 heteroatoms. The number of sulfonamides is 1. The molecule has 0 saturated carbocycles. The van der Waals surface area contributed by atoms with Crippen LogP contribution in [0.1, 0.15) is 36.0 Å². The number of hydrogen-bond donors (Lipinski definition) is 2. The summed E-state index contributed by atoms with van der Waals surface area (Å²) in [6.45, 7) is 1.90. The molecule has 0 spiro atoms. The first kappa shape index (κ1) is 24.7.